The van der Waals surface area contributed by atoms with E-state index in [1.165, 1.54) is 0 Å². The van der Waals surface area contributed by atoms with Gasteiger partial charge in [0.2, 0.25) is 11.8 Å². The van der Waals surface area contributed by atoms with Gasteiger partial charge in [0.15, 0.2) is 0 Å². The van der Waals surface area contributed by atoms with E-state index in [1.54, 1.807) is 12.4 Å². The summed E-state index contributed by atoms with van der Waals surface area (Å²) >= 11 is 3.48. The number of halogens is 1. The van der Waals surface area contributed by atoms with Gasteiger partial charge in [0, 0.05) is 23.5 Å². The Hall–Kier alpha value is -2.99. The zero-order valence-electron chi connectivity index (χ0n) is 13.7. The van der Waals surface area contributed by atoms with E-state index >= 15 is 0 Å². The Bertz CT molecular complexity index is 1000. The number of hydrogen-bond acceptors (Lipinski definition) is 5. The number of para-hydroxylation sites is 1. The van der Waals surface area contributed by atoms with E-state index in [2.05, 4.69) is 31.1 Å². The average Bonchev–Trinajstić information content (AvgIpc) is 3.19. The van der Waals surface area contributed by atoms with Crippen LogP contribution >= 0.6 is 15.9 Å². The quantitative estimate of drug-likeness (QED) is 0.458. The van der Waals surface area contributed by atoms with Gasteiger partial charge < -0.3 is 9.15 Å². The summed E-state index contributed by atoms with van der Waals surface area (Å²) in [5.41, 5.74) is 2.76. The zero-order chi connectivity index (χ0) is 17.8. The van der Waals surface area contributed by atoms with Crippen molar-refractivity contribution in [3.63, 3.8) is 0 Å². The first-order chi connectivity index (χ1) is 12.8. The van der Waals surface area contributed by atoms with Crippen LogP contribution in [0.25, 0.3) is 22.9 Å². The molecule has 0 N–H and O–H groups in total. The van der Waals surface area contributed by atoms with Crippen LogP contribution in [0.1, 0.15) is 5.56 Å². The fraction of sp³-hybridized carbons (Fsp3) is 0.0500. The van der Waals surface area contributed by atoms with E-state index in [9.17, 15) is 0 Å². The Morgan fingerprint density at radius 2 is 1.46 bits per heavy atom. The maximum atomic E-state index is 5.83. The second-order valence-electron chi connectivity index (χ2n) is 5.56. The molecule has 128 valence electrons. The molecule has 0 unspecified atom stereocenters. The number of pyridine rings is 1. The van der Waals surface area contributed by atoms with E-state index in [0.29, 0.717) is 18.4 Å². The molecular formula is C20H14BrN3O2. The molecular weight excluding hydrogens is 394 g/mol. The highest BCUT2D eigenvalue weighted by Gasteiger charge is 2.10. The first kappa shape index (κ1) is 16.5. The second kappa shape index (κ2) is 7.49. The summed E-state index contributed by atoms with van der Waals surface area (Å²) in [6, 6.07) is 19.3. The minimum atomic E-state index is 0.476. The van der Waals surface area contributed by atoms with Crippen molar-refractivity contribution in [1.29, 1.82) is 0 Å². The Kier molecular flexibility index (Phi) is 4.75. The molecule has 2 aromatic heterocycles. The van der Waals surface area contributed by atoms with Crippen LogP contribution < -0.4 is 4.74 Å². The van der Waals surface area contributed by atoms with Crippen molar-refractivity contribution < 1.29 is 9.15 Å². The molecule has 0 saturated heterocycles. The topological polar surface area (TPSA) is 61.0 Å². The summed E-state index contributed by atoms with van der Waals surface area (Å²) in [5, 5.41) is 8.22. The van der Waals surface area contributed by atoms with Crippen LogP contribution in [0, 0.1) is 0 Å². The van der Waals surface area contributed by atoms with Crippen molar-refractivity contribution in [1.82, 2.24) is 15.2 Å². The fourth-order valence-corrected chi connectivity index (χ4v) is 2.82. The van der Waals surface area contributed by atoms with Crippen molar-refractivity contribution in [2.75, 3.05) is 0 Å². The molecule has 0 spiro atoms. The van der Waals surface area contributed by atoms with Gasteiger partial charge in [-0.1, -0.05) is 24.3 Å². The zero-order valence-corrected chi connectivity index (χ0v) is 15.3. The lowest BCUT2D eigenvalue weighted by Crippen LogP contribution is -1.95. The molecule has 0 aliphatic rings. The normalized spacial score (nSPS) is 10.7. The summed E-state index contributed by atoms with van der Waals surface area (Å²) in [6.45, 7) is 0.481. The largest absolute Gasteiger partial charge is 0.488 e. The van der Waals surface area contributed by atoms with Crippen molar-refractivity contribution in [3.05, 3.63) is 83.1 Å². The van der Waals surface area contributed by atoms with Crippen molar-refractivity contribution in [2.24, 2.45) is 0 Å². The third-order valence-electron chi connectivity index (χ3n) is 3.78. The van der Waals surface area contributed by atoms with Crippen molar-refractivity contribution >= 4 is 15.9 Å². The van der Waals surface area contributed by atoms with Crippen molar-refractivity contribution in [2.45, 2.75) is 6.61 Å². The minimum absolute atomic E-state index is 0.476. The monoisotopic (exact) mass is 407 g/mol. The van der Waals surface area contributed by atoms with E-state index < -0.39 is 0 Å². The van der Waals surface area contributed by atoms with Crippen molar-refractivity contribution in [3.8, 4) is 28.7 Å². The summed E-state index contributed by atoms with van der Waals surface area (Å²) in [6.07, 6.45) is 3.39. The average molecular weight is 408 g/mol. The van der Waals surface area contributed by atoms with Gasteiger partial charge >= 0.3 is 0 Å². The molecule has 0 radical (unpaired) electrons. The number of rotatable bonds is 5. The third-order valence-corrected chi connectivity index (χ3v) is 4.44. The maximum Gasteiger partial charge on any atom is 0.248 e. The molecule has 0 bridgehead atoms. The molecule has 0 fully saturated rings. The van der Waals surface area contributed by atoms with E-state index in [-0.39, 0.29) is 0 Å². The van der Waals surface area contributed by atoms with Crippen LogP contribution in [0.4, 0.5) is 0 Å². The number of ether oxygens (including phenoxy) is 1. The number of nitrogens with zero attached hydrogens (tertiary/aromatic N) is 3. The summed E-state index contributed by atoms with van der Waals surface area (Å²) in [7, 11) is 0. The Morgan fingerprint density at radius 3 is 2.15 bits per heavy atom. The highest BCUT2D eigenvalue weighted by atomic mass is 79.9. The summed E-state index contributed by atoms with van der Waals surface area (Å²) in [4.78, 5) is 3.99. The highest BCUT2D eigenvalue weighted by molar-refractivity contribution is 9.10. The van der Waals surface area contributed by atoms with Crippen LogP contribution in [-0.4, -0.2) is 15.2 Å². The van der Waals surface area contributed by atoms with Crippen LogP contribution in [0.15, 0.2) is 81.9 Å². The van der Waals surface area contributed by atoms with Gasteiger partial charge in [-0.15, -0.1) is 10.2 Å². The predicted molar refractivity (Wildman–Crippen MR) is 101 cm³/mol. The van der Waals surface area contributed by atoms with Gasteiger partial charge in [0.1, 0.15) is 12.4 Å². The van der Waals surface area contributed by atoms with E-state index in [1.807, 2.05) is 60.7 Å². The molecule has 0 aliphatic heterocycles. The van der Waals surface area contributed by atoms with Crippen LogP contribution in [0.3, 0.4) is 0 Å². The first-order valence-corrected chi connectivity index (χ1v) is 8.79. The second-order valence-corrected chi connectivity index (χ2v) is 6.42. The SMILES string of the molecule is Brc1ccccc1OCc1ccc(-c2nnc(-c3ccncc3)o2)cc1. The van der Waals surface area contributed by atoms with Gasteiger partial charge in [-0.2, -0.15) is 0 Å². The predicted octanol–water partition coefficient (Wildman–Crippen LogP) is 5.14. The summed E-state index contributed by atoms with van der Waals surface area (Å²) in [5.74, 6) is 1.77. The highest BCUT2D eigenvalue weighted by Crippen LogP contribution is 2.26. The van der Waals surface area contributed by atoms with E-state index in [0.717, 1.165) is 26.9 Å². The minimum Gasteiger partial charge on any atom is -0.488 e. The molecule has 0 saturated carbocycles. The van der Waals surface area contributed by atoms with Gasteiger partial charge in [-0.25, -0.2) is 0 Å². The first-order valence-electron chi connectivity index (χ1n) is 8.00. The standard InChI is InChI=1S/C20H14BrN3O2/c21-17-3-1-2-4-18(17)25-13-14-5-7-15(8-6-14)19-23-24-20(26-19)16-9-11-22-12-10-16/h1-12H,13H2. The lowest BCUT2D eigenvalue weighted by Gasteiger charge is -2.08. The molecule has 2 aromatic carbocycles. The fourth-order valence-electron chi connectivity index (χ4n) is 2.42. The number of benzene rings is 2. The molecule has 4 aromatic rings. The number of aromatic nitrogens is 3. The van der Waals surface area contributed by atoms with Crippen LogP contribution in [0.5, 0.6) is 5.75 Å². The molecule has 5 nitrogen and oxygen atoms in total. The van der Waals surface area contributed by atoms with Gasteiger partial charge in [-0.3, -0.25) is 4.98 Å². The molecule has 2 heterocycles. The third kappa shape index (κ3) is 3.65. The summed E-state index contributed by atoms with van der Waals surface area (Å²) < 4.78 is 12.5. The van der Waals surface area contributed by atoms with Gasteiger partial charge in [-0.05, 0) is 57.9 Å². The Balaban J connectivity index is 1.46. The Morgan fingerprint density at radius 1 is 0.808 bits per heavy atom. The van der Waals surface area contributed by atoms with Crippen LogP contribution in [-0.2, 0) is 6.61 Å². The smallest absolute Gasteiger partial charge is 0.248 e. The maximum absolute atomic E-state index is 5.83. The van der Waals surface area contributed by atoms with Crippen LogP contribution in [0.2, 0.25) is 0 Å². The van der Waals surface area contributed by atoms with Gasteiger partial charge in [0.25, 0.3) is 0 Å². The lowest BCUT2D eigenvalue weighted by molar-refractivity contribution is 0.304. The lowest BCUT2D eigenvalue weighted by atomic mass is 10.1. The molecule has 0 atom stereocenters. The van der Waals surface area contributed by atoms with E-state index in [4.69, 9.17) is 9.15 Å². The molecule has 0 amide bonds. The molecule has 4 rings (SSSR count). The Labute approximate surface area is 158 Å². The molecule has 26 heavy (non-hydrogen) atoms. The molecule has 0 aliphatic carbocycles. The van der Waals surface area contributed by atoms with Gasteiger partial charge in [0.05, 0.1) is 4.47 Å². The molecule has 6 heteroatoms. The number of hydrogen-bond donors (Lipinski definition) is 0.